The van der Waals surface area contributed by atoms with Crippen molar-refractivity contribution in [2.24, 2.45) is 10.9 Å². The van der Waals surface area contributed by atoms with Gasteiger partial charge < -0.3 is 16.2 Å². The zero-order valence-electron chi connectivity index (χ0n) is 13.4. The van der Waals surface area contributed by atoms with Crippen molar-refractivity contribution in [3.05, 3.63) is 59.7 Å². The highest BCUT2D eigenvalue weighted by Gasteiger charge is 2.08. The van der Waals surface area contributed by atoms with Crippen molar-refractivity contribution in [1.82, 2.24) is 5.32 Å². The van der Waals surface area contributed by atoms with Crippen LogP contribution < -0.4 is 16.2 Å². The van der Waals surface area contributed by atoms with Crippen LogP contribution in [-0.4, -0.2) is 26.1 Å². The third-order valence-electron chi connectivity index (χ3n) is 3.75. The van der Waals surface area contributed by atoms with Crippen LogP contribution in [0.5, 0.6) is 5.75 Å². The zero-order chi connectivity index (χ0) is 17.6. The molecule has 0 aliphatic rings. The van der Waals surface area contributed by atoms with Crippen molar-refractivity contribution in [3.63, 3.8) is 0 Å². The predicted molar refractivity (Wildman–Crippen MR) is 93.9 cm³/mol. The molecular weight excluding hydrogens is 326 g/mol. The molecule has 2 aromatic carbocycles. The predicted octanol–water partition coefficient (Wildman–Crippen LogP) is 1.09. The molecule has 0 spiro atoms. The lowest BCUT2D eigenvalue weighted by Gasteiger charge is -2.13. The van der Waals surface area contributed by atoms with Gasteiger partial charge in [-0.3, -0.25) is 0 Å². The van der Waals surface area contributed by atoms with Gasteiger partial charge in [0.05, 0.1) is 4.90 Å². The average molecular weight is 349 g/mol. The van der Waals surface area contributed by atoms with Crippen LogP contribution in [0.25, 0.3) is 0 Å². The van der Waals surface area contributed by atoms with Gasteiger partial charge in [0.25, 0.3) is 0 Å². The van der Waals surface area contributed by atoms with Gasteiger partial charge in [-0.15, -0.1) is 0 Å². The largest absolute Gasteiger partial charge is 0.508 e. The maximum Gasteiger partial charge on any atom is 0.238 e. The van der Waals surface area contributed by atoms with E-state index in [0.29, 0.717) is 13.0 Å². The summed E-state index contributed by atoms with van der Waals surface area (Å²) >= 11 is 0. The van der Waals surface area contributed by atoms with Crippen LogP contribution >= 0.6 is 0 Å². The van der Waals surface area contributed by atoms with E-state index in [1.54, 1.807) is 24.3 Å². The molecule has 0 aromatic heterocycles. The van der Waals surface area contributed by atoms with E-state index >= 15 is 0 Å². The van der Waals surface area contributed by atoms with E-state index in [1.807, 2.05) is 12.1 Å². The van der Waals surface area contributed by atoms with E-state index in [1.165, 1.54) is 12.1 Å². The SMILES string of the molecule is N[C@H](CCNCc1ccc(S(N)(=O)=O)cc1)Cc1ccccc1O. The van der Waals surface area contributed by atoms with E-state index in [4.69, 9.17) is 10.9 Å². The Morgan fingerprint density at radius 2 is 1.75 bits per heavy atom. The van der Waals surface area contributed by atoms with Crippen LogP contribution in [0.2, 0.25) is 0 Å². The van der Waals surface area contributed by atoms with Crippen LogP contribution in [0.1, 0.15) is 17.5 Å². The number of sulfonamides is 1. The highest BCUT2D eigenvalue weighted by molar-refractivity contribution is 7.89. The molecule has 0 aliphatic carbocycles. The highest BCUT2D eigenvalue weighted by Crippen LogP contribution is 2.17. The second-order valence-electron chi connectivity index (χ2n) is 5.75. The fraction of sp³-hybridized carbons (Fsp3) is 0.294. The minimum atomic E-state index is -3.65. The van der Waals surface area contributed by atoms with Crippen LogP contribution in [0.3, 0.4) is 0 Å². The van der Waals surface area contributed by atoms with Crippen LogP contribution in [-0.2, 0) is 23.0 Å². The Morgan fingerprint density at radius 1 is 1.08 bits per heavy atom. The fourth-order valence-electron chi connectivity index (χ4n) is 2.39. The van der Waals surface area contributed by atoms with Gasteiger partial charge in [0.15, 0.2) is 0 Å². The summed E-state index contributed by atoms with van der Waals surface area (Å²) in [5.74, 6) is 0.274. The number of nitrogens with two attached hydrogens (primary N) is 2. The monoisotopic (exact) mass is 349 g/mol. The number of phenolic OH excluding ortho intramolecular Hbond substituents is 1. The van der Waals surface area contributed by atoms with Gasteiger partial charge >= 0.3 is 0 Å². The van der Waals surface area contributed by atoms with E-state index in [2.05, 4.69) is 5.32 Å². The van der Waals surface area contributed by atoms with Crippen molar-refractivity contribution in [3.8, 4) is 5.75 Å². The molecule has 0 amide bonds. The maximum absolute atomic E-state index is 11.2. The molecule has 6 N–H and O–H groups in total. The molecule has 2 aromatic rings. The van der Waals surface area contributed by atoms with Gasteiger partial charge in [0.2, 0.25) is 10.0 Å². The molecule has 0 radical (unpaired) electrons. The summed E-state index contributed by atoms with van der Waals surface area (Å²) in [5, 5.41) is 18.1. The van der Waals surface area contributed by atoms with Crippen LogP contribution in [0.15, 0.2) is 53.4 Å². The van der Waals surface area contributed by atoms with Crippen molar-refractivity contribution < 1.29 is 13.5 Å². The van der Waals surface area contributed by atoms with Gasteiger partial charge in [-0.2, -0.15) is 0 Å². The maximum atomic E-state index is 11.2. The molecule has 6 nitrogen and oxygen atoms in total. The van der Waals surface area contributed by atoms with E-state index < -0.39 is 10.0 Å². The summed E-state index contributed by atoms with van der Waals surface area (Å²) in [4.78, 5) is 0.107. The lowest BCUT2D eigenvalue weighted by atomic mass is 10.0. The molecule has 0 unspecified atom stereocenters. The topological polar surface area (TPSA) is 118 Å². The van der Waals surface area contributed by atoms with Crippen LogP contribution in [0, 0.1) is 0 Å². The Balaban J connectivity index is 1.74. The summed E-state index contributed by atoms with van der Waals surface area (Å²) in [5.41, 5.74) is 7.91. The second-order valence-corrected chi connectivity index (χ2v) is 7.31. The van der Waals surface area contributed by atoms with Gasteiger partial charge in [0.1, 0.15) is 5.75 Å². The Bertz CT molecular complexity index is 761. The van der Waals surface area contributed by atoms with Gasteiger partial charge in [-0.1, -0.05) is 30.3 Å². The summed E-state index contributed by atoms with van der Waals surface area (Å²) < 4.78 is 22.4. The number of benzene rings is 2. The Labute approximate surface area is 142 Å². The zero-order valence-corrected chi connectivity index (χ0v) is 14.2. The third kappa shape index (κ3) is 5.61. The first-order valence-electron chi connectivity index (χ1n) is 7.71. The molecule has 24 heavy (non-hydrogen) atoms. The molecule has 7 heteroatoms. The number of hydrogen-bond donors (Lipinski definition) is 4. The van der Waals surface area contributed by atoms with Crippen LogP contribution in [0.4, 0.5) is 0 Å². The first-order chi connectivity index (χ1) is 11.4. The Hall–Kier alpha value is -1.93. The van der Waals surface area contributed by atoms with Gasteiger partial charge in [0, 0.05) is 12.6 Å². The standard InChI is InChI=1S/C17H23N3O3S/c18-15(11-14-3-1-2-4-17(14)21)9-10-20-12-13-5-7-16(8-6-13)24(19,22)23/h1-8,15,20-21H,9-12,18H2,(H2,19,22,23)/t15-/m1/s1. The number of nitrogens with one attached hydrogen (secondary N) is 1. The summed E-state index contributed by atoms with van der Waals surface area (Å²) in [6, 6.07) is 13.6. The molecule has 2 rings (SSSR count). The lowest BCUT2D eigenvalue weighted by Crippen LogP contribution is -2.28. The van der Waals surface area contributed by atoms with Crippen molar-refractivity contribution in [2.45, 2.75) is 30.3 Å². The molecule has 0 saturated carbocycles. The summed E-state index contributed by atoms with van der Waals surface area (Å²) in [7, 11) is -3.65. The molecular formula is C17H23N3O3S. The normalized spacial score (nSPS) is 12.9. The minimum absolute atomic E-state index is 0.0458. The minimum Gasteiger partial charge on any atom is -0.508 e. The first kappa shape index (κ1) is 18.4. The van der Waals surface area contributed by atoms with Gasteiger partial charge in [-0.05, 0) is 48.7 Å². The van der Waals surface area contributed by atoms with Crippen molar-refractivity contribution in [2.75, 3.05) is 6.54 Å². The number of aromatic hydroxyl groups is 1. The summed E-state index contributed by atoms with van der Waals surface area (Å²) in [6.45, 7) is 1.35. The number of phenols is 1. The Kier molecular flexibility index (Phi) is 6.33. The first-order valence-corrected chi connectivity index (χ1v) is 9.26. The van der Waals surface area contributed by atoms with Gasteiger partial charge in [-0.25, -0.2) is 13.6 Å². The van der Waals surface area contributed by atoms with E-state index in [-0.39, 0.29) is 16.7 Å². The van der Waals surface area contributed by atoms with Crippen molar-refractivity contribution in [1.29, 1.82) is 0 Å². The third-order valence-corrected chi connectivity index (χ3v) is 4.68. The number of hydrogen-bond acceptors (Lipinski definition) is 5. The number of para-hydroxylation sites is 1. The number of rotatable bonds is 8. The van der Waals surface area contributed by atoms with E-state index in [9.17, 15) is 13.5 Å². The Morgan fingerprint density at radius 3 is 2.38 bits per heavy atom. The van der Waals surface area contributed by atoms with Crippen molar-refractivity contribution >= 4 is 10.0 Å². The second kappa shape index (κ2) is 8.25. The smallest absolute Gasteiger partial charge is 0.238 e. The molecule has 130 valence electrons. The summed E-state index contributed by atoms with van der Waals surface area (Å²) in [6.07, 6.45) is 1.39. The molecule has 0 heterocycles. The molecule has 0 saturated heterocycles. The lowest BCUT2D eigenvalue weighted by molar-refractivity contribution is 0.461. The molecule has 0 fully saturated rings. The average Bonchev–Trinajstić information content (AvgIpc) is 2.53. The van der Waals surface area contributed by atoms with E-state index in [0.717, 1.165) is 24.1 Å². The highest BCUT2D eigenvalue weighted by atomic mass is 32.2. The fourth-order valence-corrected chi connectivity index (χ4v) is 2.90. The molecule has 1 atom stereocenters. The molecule has 0 aliphatic heterocycles. The molecule has 0 bridgehead atoms. The quantitative estimate of drug-likeness (QED) is 0.532. The number of primary sulfonamides is 1.